The van der Waals surface area contributed by atoms with Gasteiger partial charge in [0.1, 0.15) is 0 Å². The van der Waals surface area contributed by atoms with E-state index in [1.54, 1.807) is 12.1 Å². The van der Waals surface area contributed by atoms with Gasteiger partial charge in [-0.05, 0) is 29.5 Å². The molecular formula is C21H21N3O3. The maximum Gasteiger partial charge on any atom is 0.269 e. The normalized spacial score (nSPS) is 20.7. The number of ketones is 1. The second kappa shape index (κ2) is 6.23. The molecule has 27 heavy (non-hydrogen) atoms. The highest BCUT2D eigenvalue weighted by atomic mass is 16.6. The van der Waals surface area contributed by atoms with E-state index in [2.05, 4.69) is 24.5 Å². The average molecular weight is 363 g/mol. The fraction of sp³-hybridized carbons (Fsp3) is 0.286. The fourth-order valence-electron chi connectivity index (χ4n) is 3.96. The number of para-hydroxylation sites is 2. The number of nitrogens with zero attached hydrogens (tertiary/aromatic N) is 1. The molecular weight excluding hydrogens is 342 g/mol. The minimum Gasteiger partial charge on any atom is -0.372 e. The van der Waals surface area contributed by atoms with Gasteiger partial charge in [0.15, 0.2) is 5.78 Å². The Morgan fingerprint density at radius 1 is 1.07 bits per heavy atom. The van der Waals surface area contributed by atoms with Crippen LogP contribution < -0.4 is 10.6 Å². The molecule has 0 radical (unpaired) electrons. The van der Waals surface area contributed by atoms with Gasteiger partial charge >= 0.3 is 0 Å². The molecule has 0 unspecified atom stereocenters. The van der Waals surface area contributed by atoms with E-state index in [0.29, 0.717) is 17.6 Å². The van der Waals surface area contributed by atoms with Gasteiger partial charge in [-0.3, -0.25) is 14.9 Å². The second-order valence-corrected chi connectivity index (χ2v) is 7.93. The van der Waals surface area contributed by atoms with Crippen molar-refractivity contribution in [2.24, 2.45) is 5.41 Å². The molecule has 0 saturated carbocycles. The summed E-state index contributed by atoms with van der Waals surface area (Å²) in [5, 5.41) is 18.1. The SMILES string of the molecule is CC1(C)CC(=O)C2=C(C1)Nc1ccccc1N[C@@H]2c1cccc([N+](=O)[O-])c1. The van der Waals surface area contributed by atoms with Crippen LogP contribution in [0.3, 0.4) is 0 Å². The summed E-state index contributed by atoms with van der Waals surface area (Å²) in [4.78, 5) is 23.9. The van der Waals surface area contributed by atoms with E-state index in [9.17, 15) is 14.9 Å². The maximum atomic E-state index is 13.1. The van der Waals surface area contributed by atoms with Crippen molar-refractivity contribution >= 4 is 22.8 Å². The van der Waals surface area contributed by atoms with Crippen LogP contribution in [0.4, 0.5) is 17.1 Å². The van der Waals surface area contributed by atoms with Crippen LogP contribution in [-0.4, -0.2) is 10.7 Å². The van der Waals surface area contributed by atoms with E-state index in [0.717, 1.165) is 23.5 Å². The van der Waals surface area contributed by atoms with Crippen LogP contribution in [0.5, 0.6) is 0 Å². The number of anilines is 2. The molecule has 2 aromatic rings. The summed E-state index contributed by atoms with van der Waals surface area (Å²) < 4.78 is 0. The maximum absolute atomic E-state index is 13.1. The number of Topliss-reactive ketones (excluding diaryl/α,β-unsaturated/α-hetero) is 1. The number of nitrogens with one attached hydrogen (secondary N) is 2. The molecule has 0 aromatic heterocycles. The van der Waals surface area contributed by atoms with Crippen LogP contribution in [0.15, 0.2) is 59.8 Å². The minimum absolute atomic E-state index is 0.0190. The van der Waals surface area contributed by atoms with Crippen molar-refractivity contribution in [2.75, 3.05) is 10.6 Å². The number of rotatable bonds is 2. The lowest BCUT2D eigenvalue weighted by atomic mass is 9.73. The third-order valence-electron chi connectivity index (χ3n) is 5.14. The van der Waals surface area contributed by atoms with Crippen molar-refractivity contribution in [1.82, 2.24) is 0 Å². The van der Waals surface area contributed by atoms with Gasteiger partial charge in [0.25, 0.3) is 5.69 Å². The van der Waals surface area contributed by atoms with Crippen LogP contribution in [0, 0.1) is 15.5 Å². The third kappa shape index (κ3) is 3.18. The summed E-state index contributed by atoms with van der Waals surface area (Å²) in [7, 11) is 0. The topological polar surface area (TPSA) is 84.3 Å². The number of fused-ring (bicyclic) bond motifs is 1. The molecule has 0 amide bonds. The fourth-order valence-corrected chi connectivity index (χ4v) is 3.96. The summed E-state index contributed by atoms with van der Waals surface area (Å²) in [6, 6.07) is 13.9. The molecule has 0 spiro atoms. The van der Waals surface area contributed by atoms with Gasteiger partial charge in [-0.25, -0.2) is 0 Å². The smallest absolute Gasteiger partial charge is 0.269 e. The van der Waals surface area contributed by atoms with E-state index >= 15 is 0 Å². The van der Waals surface area contributed by atoms with Crippen LogP contribution in [-0.2, 0) is 4.79 Å². The Morgan fingerprint density at radius 2 is 1.81 bits per heavy atom. The molecule has 1 heterocycles. The Labute approximate surface area is 157 Å². The zero-order chi connectivity index (χ0) is 19.2. The lowest BCUT2D eigenvalue weighted by Crippen LogP contribution is -2.31. The molecule has 0 saturated heterocycles. The van der Waals surface area contributed by atoms with Gasteiger partial charge in [-0.2, -0.15) is 0 Å². The molecule has 1 atom stereocenters. The monoisotopic (exact) mass is 363 g/mol. The number of carbonyl (C=O) groups is 1. The zero-order valence-corrected chi connectivity index (χ0v) is 15.3. The van der Waals surface area contributed by atoms with Gasteiger partial charge in [0.05, 0.1) is 22.3 Å². The molecule has 2 N–H and O–H groups in total. The molecule has 2 aliphatic rings. The van der Waals surface area contributed by atoms with Crippen LogP contribution >= 0.6 is 0 Å². The molecule has 2 aromatic carbocycles. The van der Waals surface area contributed by atoms with Gasteiger partial charge in [0, 0.05) is 29.8 Å². The first-order valence-corrected chi connectivity index (χ1v) is 8.97. The number of nitro benzene ring substituents is 1. The molecule has 0 bridgehead atoms. The number of benzene rings is 2. The number of carbonyl (C=O) groups excluding carboxylic acids is 1. The van der Waals surface area contributed by atoms with Crippen molar-refractivity contribution in [3.8, 4) is 0 Å². The van der Waals surface area contributed by atoms with Gasteiger partial charge < -0.3 is 10.6 Å². The van der Waals surface area contributed by atoms with Crippen molar-refractivity contribution in [3.63, 3.8) is 0 Å². The first-order valence-electron chi connectivity index (χ1n) is 8.97. The van der Waals surface area contributed by atoms with Gasteiger partial charge in [-0.1, -0.05) is 38.1 Å². The van der Waals surface area contributed by atoms with Crippen LogP contribution in [0.1, 0.15) is 38.3 Å². The largest absolute Gasteiger partial charge is 0.372 e. The highest BCUT2D eigenvalue weighted by molar-refractivity contribution is 6.01. The molecule has 1 aliphatic heterocycles. The quantitative estimate of drug-likeness (QED) is 0.590. The summed E-state index contributed by atoms with van der Waals surface area (Å²) in [6.07, 6.45) is 1.20. The Bertz CT molecular complexity index is 978. The Hall–Kier alpha value is -3.15. The highest BCUT2D eigenvalue weighted by Crippen LogP contribution is 2.45. The van der Waals surface area contributed by atoms with Crippen LogP contribution in [0.2, 0.25) is 0 Å². The number of hydrogen-bond donors (Lipinski definition) is 2. The molecule has 6 heteroatoms. The predicted octanol–water partition coefficient (Wildman–Crippen LogP) is 4.82. The molecule has 6 nitrogen and oxygen atoms in total. The number of nitro groups is 1. The number of hydrogen-bond acceptors (Lipinski definition) is 5. The standard InChI is InChI=1S/C21H21N3O3/c1-21(2)11-17-19(18(25)12-21)20(13-6-5-7-14(10-13)24(26)27)23-16-9-4-3-8-15(16)22-17/h3-10,20,22-23H,11-12H2,1-2H3/t20-/m1/s1. The van der Waals surface area contributed by atoms with Crippen molar-refractivity contribution < 1.29 is 9.72 Å². The predicted molar refractivity (Wildman–Crippen MR) is 105 cm³/mol. The van der Waals surface area contributed by atoms with Gasteiger partial charge in [-0.15, -0.1) is 0 Å². The first-order chi connectivity index (χ1) is 12.8. The van der Waals surface area contributed by atoms with E-state index < -0.39 is 11.0 Å². The summed E-state index contributed by atoms with van der Waals surface area (Å²) in [5.41, 5.74) is 3.94. The van der Waals surface area contributed by atoms with E-state index in [1.165, 1.54) is 6.07 Å². The zero-order valence-electron chi connectivity index (χ0n) is 15.3. The molecule has 4 rings (SSSR count). The third-order valence-corrected chi connectivity index (χ3v) is 5.14. The average Bonchev–Trinajstić information content (AvgIpc) is 2.77. The molecule has 138 valence electrons. The molecule has 1 aliphatic carbocycles. The van der Waals surface area contributed by atoms with Crippen LogP contribution in [0.25, 0.3) is 0 Å². The number of allylic oxidation sites excluding steroid dienone is 1. The van der Waals surface area contributed by atoms with Crippen molar-refractivity contribution in [3.05, 3.63) is 75.5 Å². The van der Waals surface area contributed by atoms with E-state index in [1.807, 2.05) is 30.3 Å². The Morgan fingerprint density at radius 3 is 2.56 bits per heavy atom. The van der Waals surface area contributed by atoms with Crippen molar-refractivity contribution in [2.45, 2.75) is 32.7 Å². The number of non-ortho nitro benzene ring substituents is 1. The Kier molecular flexibility index (Phi) is 3.98. The van der Waals surface area contributed by atoms with Gasteiger partial charge in [0.2, 0.25) is 0 Å². The minimum atomic E-state index is -0.431. The second-order valence-electron chi connectivity index (χ2n) is 7.93. The lowest BCUT2D eigenvalue weighted by molar-refractivity contribution is -0.384. The Balaban J connectivity index is 1.89. The first kappa shape index (κ1) is 17.3. The molecule has 0 fully saturated rings. The van der Waals surface area contributed by atoms with Crippen molar-refractivity contribution in [1.29, 1.82) is 0 Å². The lowest BCUT2D eigenvalue weighted by Gasteiger charge is -2.34. The highest BCUT2D eigenvalue weighted by Gasteiger charge is 2.38. The summed E-state index contributed by atoms with van der Waals surface area (Å²) in [5.74, 6) is 0.0746. The summed E-state index contributed by atoms with van der Waals surface area (Å²) in [6.45, 7) is 4.17. The van der Waals surface area contributed by atoms with E-state index in [4.69, 9.17) is 0 Å². The van der Waals surface area contributed by atoms with E-state index in [-0.39, 0.29) is 16.9 Å². The summed E-state index contributed by atoms with van der Waals surface area (Å²) >= 11 is 0.